The van der Waals surface area contributed by atoms with Crippen molar-refractivity contribution < 1.29 is 28.9 Å². The molecule has 1 saturated carbocycles. The third kappa shape index (κ3) is 11.6. The second-order valence-corrected chi connectivity index (χ2v) is 11.2. The first-order valence-electron chi connectivity index (χ1n) is 14.2. The van der Waals surface area contributed by atoms with Crippen LogP contribution in [-0.4, -0.2) is 49.6 Å². The predicted molar refractivity (Wildman–Crippen MR) is 142 cm³/mol. The van der Waals surface area contributed by atoms with Gasteiger partial charge in [0, 0.05) is 18.1 Å². The third-order valence-corrected chi connectivity index (χ3v) is 7.95. The van der Waals surface area contributed by atoms with Crippen LogP contribution in [0.25, 0.3) is 0 Å². The molecule has 2 rings (SSSR count). The lowest BCUT2D eigenvalue weighted by Crippen LogP contribution is -2.31. The fourth-order valence-corrected chi connectivity index (χ4v) is 5.47. The van der Waals surface area contributed by atoms with E-state index in [9.17, 15) is 9.59 Å². The third-order valence-electron chi connectivity index (χ3n) is 7.95. The van der Waals surface area contributed by atoms with Gasteiger partial charge in [-0.2, -0.15) is 0 Å². The minimum Gasteiger partial charge on any atom is -0.462 e. The average molecular weight is 507 g/mol. The van der Waals surface area contributed by atoms with Crippen molar-refractivity contribution in [2.24, 2.45) is 23.7 Å². The number of ether oxygens (including phenoxy) is 3. The normalized spacial score (nSPS) is 25.1. The van der Waals surface area contributed by atoms with Crippen LogP contribution in [0.2, 0.25) is 0 Å². The van der Waals surface area contributed by atoms with E-state index in [0.29, 0.717) is 17.9 Å². The number of hydrogen-bond donors (Lipinski definition) is 1. The highest BCUT2D eigenvalue weighted by molar-refractivity contribution is 5.88. The van der Waals surface area contributed by atoms with E-state index in [0.717, 1.165) is 31.3 Å². The molecule has 0 aromatic rings. The van der Waals surface area contributed by atoms with Crippen LogP contribution in [0.4, 0.5) is 0 Å². The first-order chi connectivity index (χ1) is 17.3. The second-order valence-electron chi connectivity index (χ2n) is 11.2. The van der Waals surface area contributed by atoms with Gasteiger partial charge < -0.3 is 19.3 Å². The van der Waals surface area contributed by atoms with Gasteiger partial charge in [0.1, 0.15) is 0 Å². The van der Waals surface area contributed by atoms with Crippen LogP contribution in [0.1, 0.15) is 97.3 Å². The summed E-state index contributed by atoms with van der Waals surface area (Å²) in [6, 6.07) is 0. The van der Waals surface area contributed by atoms with Crippen molar-refractivity contribution >= 4 is 11.9 Å². The molecule has 1 aliphatic heterocycles. The van der Waals surface area contributed by atoms with E-state index in [4.69, 9.17) is 19.3 Å². The summed E-state index contributed by atoms with van der Waals surface area (Å²) in [5, 5.41) is 9.07. The van der Waals surface area contributed by atoms with Crippen molar-refractivity contribution in [3.63, 3.8) is 0 Å². The van der Waals surface area contributed by atoms with Gasteiger partial charge in [0.2, 0.25) is 0 Å². The highest BCUT2D eigenvalue weighted by atomic mass is 16.5. The molecule has 36 heavy (non-hydrogen) atoms. The number of aliphatic hydroxyl groups is 1. The molecule has 3 unspecified atom stereocenters. The molecule has 206 valence electrons. The lowest BCUT2D eigenvalue weighted by Gasteiger charge is -2.33. The minimum absolute atomic E-state index is 0.00872. The van der Waals surface area contributed by atoms with Crippen molar-refractivity contribution in [1.82, 2.24) is 0 Å². The van der Waals surface area contributed by atoms with Crippen molar-refractivity contribution in [3.05, 3.63) is 24.3 Å². The van der Waals surface area contributed by atoms with Crippen molar-refractivity contribution in [2.75, 3.05) is 26.4 Å². The van der Waals surface area contributed by atoms with Crippen molar-refractivity contribution in [1.29, 1.82) is 0 Å². The fraction of sp³-hybridized carbons (Fsp3) is 0.800. The SMILES string of the molecule is C=C(C)C(=O)OCC(COC(=O)C(=C)CO)CC1CCC(CCC2CCC(CCCCC)CC2)CO1. The van der Waals surface area contributed by atoms with Crippen LogP contribution < -0.4 is 0 Å². The highest BCUT2D eigenvalue weighted by Gasteiger charge is 2.28. The molecule has 6 heteroatoms. The maximum absolute atomic E-state index is 11.9. The zero-order valence-corrected chi connectivity index (χ0v) is 22.8. The van der Waals surface area contributed by atoms with E-state index in [-0.39, 0.29) is 30.8 Å². The Bertz CT molecular complexity index is 686. The molecule has 2 fully saturated rings. The van der Waals surface area contributed by atoms with Crippen LogP contribution in [0.5, 0.6) is 0 Å². The Labute approximate surface area is 218 Å². The number of carbonyl (C=O) groups is 2. The molecular formula is C30H50O6. The Balaban J connectivity index is 1.70. The predicted octanol–water partition coefficient (Wildman–Crippen LogP) is 6.17. The molecule has 3 atom stereocenters. The van der Waals surface area contributed by atoms with Crippen LogP contribution in [0.15, 0.2) is 24.3 Å². The van der Waals surface area contributed by atoms with Crippen LogP contribution in [-0.2, 0) is 23.8 Å². The summed E-state index contributed by atoms with van der Waals surface area (Å²) in [6.07, 6.45) is 16.6. The molecule has 1 saturated heterocycles. The number of unbranched alkanes of at least 4 members (excludes halogenated alkanes) is 2. The molecule has 6 nitrogen and oxygen atoms in total. The molecule has 0 radical (unpaired) electrons. The van der Waals surface area contributed by atoms with Gasteiger partial charge in [-0.05, 0) is 50.4 Å². The number of esters is 2. The van der Waals surface area contributed by atoms with Gasteiger partial charge in [0.15, 0.2) is 0 Å². The van der Waals surface area contributed by atoms with E-state index >= 15 is 0 Å². The quantitative estimate of drug-likeness (QED) is 0.153. The van der Waals surface area contributed by atoms with Crippen LogP contribution in [0, 0.1) is 23.7 Å². The summed E-state index contributed by atoms with van der Waals surface area (Å²) < 4.78 is 16.8. The van der Waals surface area contributed by atoms with Crippen LogP contribution >= 0.6 is 0 Å². The maximum atomic E-state index is 11.9. The monoisotopic (exact) mass is 506 g/mol. The number of aliphatic hydroxyl groups excluding tert-OH is 1. The van der Waals surface area contributed by atoms with E-state index in [1.54, 1.807) is 6.92 Å². The average Bonchev–Trinajstić information content (AvgIpc) is 2.89. The molecule has 0 aromatic heterocycles. The first kappa shape index (κ1) is 30.6. The summed E-state index contributed by atoms with van der Waals surface area (Å²) in [5.41, 5.74) is 0.343. The van der Waals surface area contributed by atoms with Gasteiger partial charge in [-0.25, -0.2) is 9.59 Å². The Kier molecular flexibility index (Phi) is 14.4. The number of hydrogen-bond acceptors (Lipinski definition) is 6. The standard InChI is InChI=1S/C30H50O6/c1-5-6-7-8-24-9-11-25(12-10-24)13-14-26-15-16-28(34-19-26)17-27(20-35-29(32)22(2)3)21-36-30(33)23(4)18-31/h24-28,31H,2,4-21H2,1,3H3. The molecule has 0 spiro atoms. The maximum Gasteiger partial charge on any atom is 0.335 e. The van der Waals surface area contributed by atoms with Gasteiger partial charge in [0.25, 0.3) is 0 Å². The lowest BCUT2D eigenvalue weighted by molar-refractivity contribution is -0.145. The van der Waals surface area contributed by atoms with Crippen molar-refractivity contribution in [2.45, 2.75) is 103 Å². The largest absolute Gasteiger partial charge is 0.462 e. The molecule has 1 aliphatic carbocycles. The molecule has 0 amide bonds. The molecule has 1 N–H and O–H groups in total. The molecule has 2 aliphatic rings. The van der Waals surface area contributed by atoms with Gasteiger partial charge in [-0.15, -0.1) is 0 Å². The zero-order valence-electron chi connectivity index (χ0n) is 22.8. The van der Waals surface area contributed by atoms with Gasteiger partial charge >= 0.3 is 11.9 Å². The molecule has 1 heterocycles. The van der Waals surface area contributed by atoms with Gasteiger partial charge in [-0.1, -0.05) is 77.9 Å². The van der Waals surface area contributed by atoms with Crippen LogP contribution in [0.3, 0.4) is 0 Å². The van der Waals surface area contributed by atoms with E-state index in [1.165, 1.54) is 64.2 Å². The zero-order chi connectivity index (χ0) is 26.3. The highest BCUT2D eigenvalue weighted by Crippen LogP contribution is 2.36. The Morgan fingerprint density at radius 2 is 1.47 bits per heavy atom. The van der Waals surface area contributed by atoms with Crippen molar-refractivity contribution in [3.8, 4) is 0 Å². The fourth-order valence-electron chi connectivity index (χ4n) is 5.47. The number of rotatable bonds is 16. The lowest BCUT2D eigenvalue weighted by atomic mass is 9.77. The minimum atomic E-state index is -0.631. The summed E-state index contributed by atoms with van der Waals surface area (Å²) in [5.74, 6) is 1.21. The van der Waals surface area contributed by atoms with Gasteiger partial charge in [-0.3, -0.25) is 0 Å². The van der Waals surface area contributed by atoms with E-state index in [2.05, 4.69) is 20.1 Å². The Hall–Kier alpha value is -1.66. The van der Waals surface area contributed by atoms with E-state index in [1.807, 2.05) is 0 Å². The second kappa shape index (κ2) is 17.0. The molecule has 0 aromatic carbocycles. The van der Waals surface area contributed by atoms with Gasteiger partial charge in [0.05, 0.1) is 31.5 Å². The molecule has 0 bridgehead atoms. The topological polar surface area (TPSA) is 82.1 Å². The Morgan fingerprint density at radius 3 is 2.03 bits per heavy atom. The smallest absolute Gasteiger partial charge is 0.335 e. The summed E-state index contributed by atoms with van der Waals surface area (Å²) in [7, 11) is 0. The Morgan fingerprint density at radius 1 is 0.889 bits per heavy atom. The number of carbonyl (C=O) groups excluding carboxylic acids is 2. The first-order valence-corrected chi connectivity index (χ1v) is 14.2. The summed E-state index contributed by atoms with van der Waals surface area (Å²) >= 11 is 0. The summed E-state index contributed by atoms with van der Waals surface area (Å²) in [4.78, 5) is 23.8. The molecular weight excluding hydrogens is 456 g/mol. The summed E-state index contributed by atoms with van der Waals surface area (Å²) in [6.45, 7) is 11.5. The van der Waals surface area contributed by atoms with E-state index < -0.39 is 18.5 Å².